The molecule has 0 aliphatic rings. The molecule has 3 rings (SSSR count). The van der Waals surface area contributed by atoms with E-state index in [9.17, 15) is 4.79 Å². The van der Waals surface area contributed by atoms with Crippen molar-refractivity contribution in [2.75, 3.05) is 13.7 Å². The lowest BCUT2D eigenvalue weighted by molar-refractivity contribution is -0.116. The highest BCUT2D eigenvalue weighted by atomic mass is 16.5. The molecule has 1 N–H and O–H groups in total. The Hall–Kier alpha value is -3.80. The minimum Gasteiger partial charge on any atom is -0.493 e. The second-order valence-corrected chi connectivity index (χ2v) is 6.96. The SMILES string of the molecule is C=CCOc1ccc(/C=C/C(=O)NCc2c(C)nn(-c3ccccc3)c2C)cc1OC. The lowest BCUT2D eigenvalue weighted by Gasteiger charge is -2.09. The van der Waals surface area contributed by atoms with Gasteiger partial charge in [0.15, 0.2) is 11.5 Å². The summed E-state index contributed by atoms with van der Waals surface area (Å²) in [5, 5.41) is 7.55. The van der Waals surface area contributed by atoms with E-state index in [1.165, 1.54) is 6.08 Å². The fourth-order valence-corrected chi connectivity index (χ4v) is 3.21. The molecule has 31 heavy (non-hydrogen) atoms. The number of carbonyl (C=O) groups is 1. The molecule has 1 heterocycles. The van der Waals surface area contributed by atoms with Crippen LogP contribution in [0, 0.1) is 13.8 Å². The van der Waals surface area contributed by atoms with Crippen LogP contribution in [0.2, 0.25) is 0 Å². The third-order valence-corrected chi connectivity index (χ3v) is 4.85. The molecule has 1 aromatic heterocycles. The summed E-state index contributed by atoms with van der Waals surface area (Å²) in [5.74, 6) is 1.05. The van der Waals surface area contributed by atoms with Crippen LogP contribution in [0.5, 0.6) is 11.5 Å². The van der Waals surface area contributed by atoms with Crippen molar-refractivity contribution >= 4 is 12.0 Å². The number of ether oxygens (including phenoxy) is 2. The summed E-state index contributed by atoms with van der Waals surface area (Å²) in [5.41, 5.74) is 4.74. The lowest BCUT2D eigenvalue weighted by atomic mass is 10.1. The highest BCUT2D eigenvalue weighted by molar-refractivity contribution is 5.91. The number of aromatic nitrogens is 2. The van der Waals surface area contributed by atoms with Crippen LogP contribution in [0.25, 0.3) is 11.8 Å². The molecule has 0 saturated carbocycles. The van der Waals surface area contributed by atoms with E-state index in [1.54, 1.807) is 19.3 Å². The summed E-state index contributed by atoms with van der Waals surface area (Å²) in [6.45, 7) is 8.40. The molecule has 0 aliphatic heterocycles. The van der Waals surface area contributed by atoms with E-state index in [0.29, 0.717) is 24.7 Å². The molecule has 0 saturated heterocycles. The molecule has 0 unspecified atom stereocenters. The predicted molar refractivity (Wildman–Crippen MR) is 123 cm³/mol. The van der Waals surface area contributed by atoms with E-state index < -0.39 is 0 Å². The topological polar surface area (TPSA) is 65.4 Å². The lowest BCUT2D eigenvalue weighted by Crippen LogP contribution is -2.21. The molecule has 0 aliphatic carbocycles. The standard InChI is InChI=1S/C25H27N3O3/c1-5-15-31-23-13-11-20(16-24(23)30-4)12-14-25(29)26-17-22-18(2)27-28(19(22)3)21-9-7-6-8-10-21/h5-14,16H,1,15,17H2,2-4H3,(H,26,29)/b14-12+. The van der Waals surface area contributed by atoms with E-state index in [4.69, 9.17) is 9.47 Å². The summed E-state index contributed by atoms with van der Waals surface area (Å²) in [4.78, 5) is 12.4. The Morgan fingerprint density at radius 2 is 1.94 bits per heavy atom. The fourth-order valence-electron chi connectivity index (χ4n) is 3.21. The molecular weight excluding hydrogens is 390 g/mol. The van der Waals surface area contributed by atoms with Gasteiger partial charge in [0.05, 0.1) is 18.5 Å². The average molecular weight is 418 g/mol. The molecule has 0 atom stereocenters. The van der Waals surface area contributed by atoms with Gasteiger partial charge in [-0.3, -0.25) is 4.79 Å². The maximum Gasteiger partial charge on any atom is 0.244 e. The first-order valence-electron chi connectivity index (χ1n) is 10.0. The Bertz CT molecular complexity index is 1080. The highest BCUT2D eigenvalue weighted by Crippen LogP contribution is 2.28. The van der Waals surface area contributed by atoms with Crippen LogP contribution in [0.15, 0.2) is 67.3 Å². The molecule has 0 spiro atoms. The maximum atomic E-state index is 12.4. The van der Waals surface area contributed by atoms with Crippen molar-refractivity contribution in [2.45, 2.75) is 20.4 Å². The van der Waals surface area contributed by atoms with Gasteiger partial charge in [0.2, 0.25) is 5.91 Å². The summed E-state index contributed by atoms with van der Waals surface area (Å²) in [6, 6.07) is 15.4. The molecule has 6 nitrogen and oxygen atoms in total. The van der Waals surface area contributed by atoms with Crippen LogP contribution in [-0.2, 0) is 11.3 Å². The molecule has 0 radical (unpaired) electrons. The number of benzene rings is 2. The van der Waals surface area contributed by atoms with Crippen LogP contribution in [0.3, 0.4) is 0 Å². The highest BCUT2D eigenvalue weighted by Gasteiger charge is 2.13. The van der Waals surface area contributed by atoms with Gasteiger partial charge >= 0.3 is 0 Å². The van der Waals surface area contributed by atoms with Gasteiger partial charge in [-0.05, 0) is 49.8 Å². The second kappa shape index (κ2) is 10.3. The average Bonchev–Trinajstić information content (AvgIpc) is 3.08. The minimum absolute atomic E-state index is 0.183. The van der Waals surface area contributed by atoms with Crippen molar-refractivity contribution in [2.24, 2.45) is 0 Å². The van der Waals surface area contributed by atoms with E-state index >= 15 is 0 Å². The number of rotatable bonds is 9. The Morgan fingerprint density at radius 3 is 2.65 bits per heavy atom. The number of para-hydroxylation sites is 1. The van der Waals surface area contributed by atoms with Gasteiger partial charge in [0, 0.05) is 23.9 Å². The van der Waals surface area contributed by atoms with Crippen molar-refractivity contribution in [3.05, 3.63) is 89.8 Å². The van der Waals surface area contributed by atoms with Gasteiger partial charge in [-0.2, -0.15) is 5.10 Å². The quantitative estimate of drug-likeness (QED) is 0.414. The van der Waals surface area contributed by atoms with Crippen molar-refractivity contribution in [1.29, 1.82) is 0 Å². The Morgan fingerprint density at radius 1 is 1.16 bits per heavy atom. The number of methoxy groups -OCH3 is 1. The van der Waals surface area contributed by atoms with Gasteiger partial charge in [-0.1, -0.05) is 36.9 Å². The molecule has 6 heteroatoms. The van der Waals surface area contributed by atoms with Crippen LogP contribution < -0.4 is 14.8 Å². The zero-order valence-electron chi connectivity index (χ0n) is 18.1. The van der Waals surface area contributed by atoms with Gasteiger partial charge in [-0.15, -0.1) is 0 Å². The second-order valence-electron chi connectivity index (χ2n) is 6.96. The number of hydrogen-bond acceptors (Lipinski definition) is 4. The normalized spacial score (nSPS) is 10.8. The van der Waals surface area contributed by atoms with Crippen molar-refractivity contribution in [1.82, 2.24) is 15.1 Å². The van der Waals surface area contributed by atoms with Gasteiger partial charge in [0.1, 0.15) is 6.61 Å². The fraction of sp³-hybridized carbons (Fsp3) is 0.200. The van der Waals surface area contributed by atoms with Crippen LogP contribution in [-0.4, -0.2) is 29.4 Å². The number of nitrogens with one attached hydrogen (secondary N) is 1. The number of aryl methyl sites for hydroxylation is 1. The molecule has 1 amide bonds. The van der Waals surface area contributed by atoms with E-state index in [1.807, 2.05) is 67.1 Å². The monoisotopic (exact) mass is 417 g/mol. The molecule has 2 aromatic carbocycles. The van der Waals surface area contributed by atoms with Crippen LogP contribution in [0.1, 0.15) is 22.5 Å². The van der Waals surface area contributed by atoms with Crippen molar-refractivity contribution in [3.8, 4) is 17.2 Å². The molecule has 0 fully saturated rings. The number of hydrogen-bond donors (Lipinski definition) is 1. The minimum atomic E-state index is -0.183. The number of nitrogens with zero attached hydrogens (tertiary/aromatic N) is 2. The van der Waals surface area contributed by atoms with Crippen LogP contribution in [0.4, 0.5) is 0 Å². The number of amides is 1. The van der Waals surface area contributed by atoms with Gasteiger partial charge in [-0.25, -0.2) is 4.68 Å². The molecule has 0 bridgehead atoms. The van der Waals surface area contributed by atoms with E-state index in [2.05, 4.69) is 17.0 Å². The molecular formula is C25H27N3O3. The molecule has 3 aromatic rings. The van der Waals surface area contributed by atoms with E-state index in [-0.39, 0.29) is 5.91 Å². The van der Waals surface area contributed by atoms with Crippen LogP contribution >= 0.6 is 0 Å². The van der Waals surface area contributed by atoms with Crippen molar-refractivity contribution < 1.29 is 14.3 Å². The van der Waals surface area contributed by atoms with E-state index in [0.717, 1.165) is 28.2 Å². The number of carbonyl (C=O) groups excluding carboxylic acids is 1. The smallest absolute Gasteiger partial charge is 0.244 e. The first-order chi connectivity index (χ1) is 15.0. The van der Waals surface area contributed by atoms with Crippen molar-refractivity contribution in [3.63, 3.8) is 0 Å². The summed E-state index contributed by atoms with van der Waals surface area (Å²) >= 11 is 0. The largest absolute Gasteiger partial charge is 0.493 e. The zero-order valence-corrected chi connectivity index (χ0v) is 18.1. The third kappa shape index (κ3) is 5.42. The zero-order chi connectivity index (χ0) is 22.2. The van der Waals surface area contributed by atoms with Gasteiger partial charge < -0.3 is 14.8 Å². The maximum absolute atomic E-state index is 12.4. The summed E-state index contributed by atoms with van der Waals surface area (Å²) < 4.78 is 12.8. The Kier molecular flexibility index (Phi) is 7.27. The third-order valence-electron chi connectivity index (χ3n) is 4.85. The Balaban J connectivity index is 1.65. The summed E-state index contributed by atoms with van der Waals surface area (Å²) in [7, 11) is 1.58. The predicted octanol–water partition coefficient (Wildman–Crippen LogP) is 4.39. The first kappa shape index (κ1) is 21.9. The first-order valence-corrected chi connectivity index (χ1v) is 10.0. The van der Waals surface area contributed by atoms with Gasteiger partial charge in [0.25, 0.3) is 0 Å². The molecule has 160 valence electrons. The Labute approximate surface area is 182 Å². The summed E-state index contributed by atoms with van der Waals surface area (Å²) in [6.07, 6.45) is 4.91.